The van der Waals surface area contributed by atoms with Crippen molar-refractivity contribution in [3.63, 3.8) is 0 Å². The lowest BCUT2D eigenvalue weighted by Crippen LogP contribution is -2.01. The predicted octanol–water partition coefficient (Wildman–Crippen LogP) is 6.15. The van der Waals surface area contributed by atoms with Crippen LogP contribution in [0.1, 0.15) is 27.9 Å². The fourth-order valence-electron chi connectivity index (χ4n) is 3.23. The minimum absolute atomic E-state index is 0.115. The van der Waals surface area contributed by atoms with E-state index in [1.807, 2.05) is 85.8 Å². The number of hydrogen-bond donors (Lipinski definition) is 0. The number of pyridine rings is 1. The second-order valence-electron chi connectivity index (χ2n) is 6.87. The van der Waals surface area contributed by atoms with E-state index in [1.54, 1.807) is 6.20 Å². The van der Waals surface area contributed by atoms with Crippen LogP contribution in [-0.4, -0.2) is 10.8 Å². The Morgan fingerprint density at radius 1 is 0.929 bits per heavy atom. The largest absolute Gasteiger partial charge is 0.457 e. The number of aryl methyl sites for hydroxylation is 2. The van der Waals surface area contributed by atoms with Crippen LogP contribution in [-0.2, 0) is 6.42 Å². The first-order valence-corrected chi connectivity index (χ1v) is 9.39. The molecule has 0 aliphatic rings. The number of fused-ring (bicyclic) bond motifs is 1. The molecule has 0 atom stereocenters. The molecule has 0 bridgehead atoms. The number of hydrogen-bond acceptors (Lipinski definition) is 3. The third-order valence-corrected chi connectivity index (χ3v) is 4.73. The maximum atomic E-state index is 12.6. The van der Waals surface area contributed by atoms with Crippen LogP contribution in [0.3, 0.4) is 0 Å². The molecule has 0 N–H and O–H groups in total. The first-order chi connectivity index (χ1) is 13.7. The second kappa shape index (κ2) is 8.05. The summed E-state index contributed by atoms with van der Waals surface area (Å²) in [5.74, 6) is 1.50. The van der Waals surface area contributed by atoms with E-state index < -0.39 is 0 Å². The molecule has 0 radical (unpaired) electrons. The number of rotatable bonds is 6. The number of carbonyl (C=O) groups excluding carboxylic acids is 1. The molecule has 1 heterocycles. The molecule has 0 saturated carbocycles. The lowest BCUT2D eigenvalue weighted by Gasteiger charge is -2.10. The number of aromatic nitrogens is 1. The van der Waals surface area contributed by atoms with Crippen molar-refractivity contribution in [1.82, 2.24) is 4.98 Å². The van der Waals surface area contributed by atoms with Crippen LogP contribution >= 0.6 is 0 Å². The van der Waals surface area contributed by atoms with E-state index in [9.17, 15) is 4.79 Å². The Morgan fingerprint density at radius 3 is 2.64 bits per heavy atom. The Kier molecular flexibility index (Phi) is 5.16. The average Bonchev–Trinajstić information content (AvgIpc) is 2.73. The van der Waals surface area contributed by atoms with Crippen molar-refractivity contribution >= 4 is 16.7 Å². The molecule has 1 aromatic heterocycles. The predicted molar refractivity (Wildman–Crippen MR) is 112 cm³/mol. The van der Waals surface area contributed by atoms with Crippen LogP contribution in [0.25, 0.3) is 10.9 Å². The fraction of sp³-hybridized carbons (Fsp3) is 0.120. The summed E-state index contributed by atoms with van der Waals surface area (Å²) in [5.41, 5.74) is 3.89. The van der Waals surface area contributed by atoms with Crippen molar-refractivity contribution in [1.29, 1.82) is 0 Å². The minimum Gasteiger partial charge on any atom is -0.457 e. The molecular weight excluding hydrogens is 346 g/mol. The zero-order valence-corrected chi connectivity index (χ0v) is 15.8. The van der Waals surface area contributed by atoms with Gasteiger partial charge < -0.3 is 4.74 Å². The summed E-state index contributed by atoms with van der Waals surface area (Å²) in [6.45, 7) is 2.04. The maximum absolute atomic E-state index is 12.6. The van der Waals surface area contributed by atoms with E-state index in [0.29, 0.717) is 17.7 Å². The van der Waals surface area contributed by atoms with Crippen LogP contribution in [0, 0.1) is 6.92 Å². The highest BCUT2D eigenvalue weighted by Gasteiger charge is 2.09. The lowest BCUT2D eigenvalue weighted by molar-refractivity contribution is 0.0982. The van der Waals surface area contributed by atoms with Crippen molar-refractivity contribution in [2.75, 3.05) is 0 Å². The molecule has 0 spiro atoms. The van der Waals surface area contributed by atoms with Crippen LogP contribution in [0.5, 0.6) is 11.5 Å². The van der Waals surface area contributed by atoms with Gasteiger partial charge in [0.1, 0.15) is 11.5 Å². The minimum atomic E-state index is 0.115. The molecule has 3 heteroatoms. The van der Waals surface area contributed by atoms with Gasteiger partial charge in [0.2, 0.25) is 0 Å². The van der Waals surface area contributed by atoms with Gasteiger partial charge in [-0.15, -0.1) is 0 Å². The Bertz CT molecular complexity index is 1120. The number of carbonyl (C=O) groups is 1. The lowest BCUT2D eigenvalue weighted by atomic mass is 10.0. The summed E-state index contributed by atoms with van der Waals surface area (Å²) in [5, 5.41) is 0.953. The number of ketones is 1. The molecule has 0 unspecified atom stereocenters. The van der Waals surface area contributed by atoms with Gasteiger partial charge in [-0.25, -0.2) is 0 Å². The third-order valence-electron chi connectivity index (χ3n) is 4.73. The van der Waals surface area contributed by atoms with E-state index in [4.69, 9.17) is 4.74 Å². The summed E-state index contributed by atoms with van der Waals surface area (Å²) in [4.78, 5) is 17.0. The van der Waals surface area contributed by atoms with Crippen molar-refractivity contribution < 1.29 is 9.53 Å². The van der Waals surface area contributed by atoms with E-state index in [2.05, 4.69) is 4.98 Å². The Hall–Kier alpha value is -3.46. The second-order valence-corrected chi connectivity index (χ2v) is 6.87. The summed E-state index contributed by atoms with van der Waals surface area (Å²) in [7, 11) is 0. The van der Waals surface area contributed by atoms with Gasteiger partial charge in [0.15, 0.2) is 5.78 Å². The van der Waals surface area contributed by atoms with Gasteiger partial charge in [0.05, 0.1) is 5.52 Å². The molecule has 28 heavy (non-hydrogen) atoms. The van der Waals surface area contributed by atoms with Crippen molar-refractivity contribution in [3.05, 3.63) is 102 Å². The quantitative estimate of drug-likeness (QED) is 0.384. The molecule has 4 aromatic rings. The summed E-state index contributed by atoms with van der Waals surface area (Å²) >= 11 is 0. The third kappa shape index (κ3) is 4.09. The van der Waals surface area contributed by atoms with Gasteiger partial charge in [0.25, 0.3) is 0 Å². The molecule has 0 aliphatic carbocycles. The number of Topliss-reactive ketones (excluding diaryl/α,β-unsaturated/α-hetero) is 1. The maximum Gasteiger partial charge on any atom is 0.163 e. The summed E-state index contributed by atoms with van der Waals surface area (Å²) in [6.07, 6.45) is 2.95. The monoisotopic (exact) mass is 367 g/mol. The van der Waals surface area contributed by atoms with Gasteiger partial charge in [0, 0.05) is 23.6 Å². The van der Waals surface area contributed by atoms with Gasteiger partial charge in [-0.3, -0.25) is 9.78 Å². The number of benzene rings is 3. The Labute approximate surface area is 164 Å². The topological polar surface area (TPSA) is 39.2 Å². The molecule has 138 valence electrons. The SMILES string of the molecule is Cc1ccc2c(Oc3cccc(C(=O)CCc4ccccc4)c3)ccnc2c1. The molecule has 0 fully saturated rings. The number of nitrogens with zero attached hydrogens (tertiary/aromatic N) is 1. The molecule has 0 amide bonds. The Balaban J connectivity index is 1.52. The van der Waals surface area contributed by atoms with Gasteiger partial charge >= 0.3 is 0 Å². The number of ether oxygens (including phenoxy) is 1. The average molecular weight is 367 g/mol. The molecule has 0 aliphatic heterocycles. The molecular formula is C25H21NO2. The van der Waals surface area contributed by atoms with Crippen LogP contribution < -0.4 is 4.74 Å². The zero-order chi connectivity index (χ0) is 19.3. The normalized spacial score (nSPS) is 10.8. The smallest absolute Gasteiger partial charge is 0.163 e. The summed E-state index contributed by atoms with van der Waals surface area (Å²) in [6, 6.07) is 25.4. The van der Waals surface area contributed by atoms with E-state index in [-0.39, 0.29) is 5.78 Å². The summed E-state index contributed by atoms with van der Waals surface area (Å²) < 4.78 is 6.09. The Morgan fingerprint density at radius 2 is 1.79 bits per heavy atom. The molecule has 3 nitrogen and oxygen atoms in total. The molecule has 0 saturated heterocycles. The van der Waals surface area contributed by atoms with Gasteiger partial charge in [-0.05, 0) is 54.8 Å². The van der Waals surface area contributed by atoms with E-state index >= 15 is 0 Å². The highest BCUT2D eigenvalue weighted by Crippen LogP contribution is 2.29. The molecule has 4 rings (SSSR count). The first kappa shape index (κ1) is 17.9. The highest BCUT2D eigenvalue weighted by atomic mass is 16.5. The van der Waals surface area contributed by atoms with Crippen LogP contribution in [0.15, 0.2) is 85.1 Å². The van der Waals surface area contributed by atoms with Gasteiger partial charge in [-0.1, -0.05) is 48.5 Å². The van der Waals surface area contributed by atoms with Crippen LogP contribution in [0.4, 0.5) is 0 Å². The van der Waals surface area contributed by atoms with Crippen LogP contribution in [0.2, 0.25) is 0 Å². The molecule has 3 aromatic carbocycles. The van der Waals surface area contributed by atoms with Crippen molar-refractivity contribution in [3.8, 4) is 11.5 Å². The van der Waals surface area contributed by atoms with Crippen molar-refractivity contribution in [2.45, 2.75) is 19.8 Å². The fourth-order valence-corrected chi connectivity index (χ4v) is 3.23. The zero-order valence-electron chi connectivity index (χ0n) is 15.8. The highest BCUT2D eigenvalue weighted by molar-refractivity contribution is 5.96. The first-order valence-electron chi connectivity index (χ1n) is 9.39. The standard InChI is InChI=1S/C25H21NO2/c1-18-10-12-22-23(16-18)26-15-14-25(22)28-21-9-5-8-20(17-21)24(27)13-11-19-6-3-2-4-7-19/h2-10,12,14-17H,11,13H2,1H3. The van der Waals surface area contributed by atoms with E-state index in [0.717, 1.165) is 28.6 Å². The van der Waals surface area contributed by atoms with Gasteiger partial charge in [-0.2, -0.15) is 0 Å². The van der Waals surface area contributed by atoms with E-state index in [1.165, 1.54) is 5.56 Å². The van der Waals surface area contributed by atoms with Crippen molar-refractivity contribution in [2.24, 2.45) is 0 Å².